The molecule has 0 saturated carbocycles. The van der Waals surface area contributed by atoms with E-state index in [1.165, 1.54) is 12.1 Å². The molecule has 20 heavy (non-hydrogen) atoms. The van der Waals surface area contributed by atoms with Gasteiger partial charge in [-0.25, -0.2) is 4.39 Å². The van der Waals surface area contributed by atoms with Gasteiger partial charge in [-0.15, -0.1) is 0 Å². The van der Waals surface area contributed by atoms with E-state index in [2.05, 4.69) is 0 Å². The highest BCUT2D eigenvalue weighted by molar-refractivity contribution is 5.33. The Balaban J connectivity index is 1.84. The number of hydrogen-bond donors (Lipinski definition) is 1. The van der Waals surface area contributed by atoms with E-state index >= 15 is 0 Å². The van der Waals surface area contributed by atoms with Gasteiger partial charge in [0, 0.05) is 12.1 Å². The van der Waals surface area contributed by atoms with Crippen molar-refractivity contribution in [3.8, 4) is 11.5 Å². The maximum atomic E-state index is 12.9. The Labute approximate surface area is 118 Å². The molecular formula is C16H18FNO2. The monoisotopic (exact) mass is 275 g/mol. The summed E-state index contributed by atoms with van der Waals surface area (Å²) in [6.07, 6.45) is 0. The molecule has 0 atom stereocenters. The fraction of sp³-hybridized carbons (Fsp3) is 0.250. The van der Waals surface area contributed by atoms with Crippen LogP contribution in [0.15, 0.2) is 42.5 Å². The maximum absolute atomic E-state index is 12.9. The summed E-state index contributed by atoms with van der Waals surface area (Å²) in [5, 5.41) is 0. The van der Waals surface area contributed by atoms with Crippen molar-refractivity contribution in [2.45, 2.75) is 13.5 Å². The molecule has 0 bridgehead atoms. The van der Waals surface area contributed by atoms with Gasteiger partial charge in [0.25, 0.3) is 0 Å². The van der Waals surface area contributed by atoms with Crippen LogP contribution in [-0.4, -0.2) is 13.2 Å². The second-order valence-corrected chi connectivity index (χ2v) is 4.42. The number of ether oxygens (including phenoxy) is 2. The van der Waals surface area contributed by atoms with Gasteiger partial charge in [0.1, 0.15) is 30.5 Å². The summed E-state index contributed by atoms with van der Waals surface area (Å²) in [5.41, 5.74) is 7.37. The molecule has 0 radical (unpaired) electrons. The molecule has 0 heterocycles. The number of aryl methyl sites for hydroxylation is 1. The summed E-state index contributed by atoms with van der Waals surface area (Å²) >= 11 is 0. The lowest BCUT2D eigenvalue weighted by molar-refractivity contribution is 0.215. The highest BCUT2D eigenvalue weighted by Crippen LogP contribution is 2.19. The van der Waals surface area contributed by atoms with Gasteiger partial charge in [0.2, 0.25) is 0 Å². The van der Waals surface area contributed by atoms with Gasteiger partial charge in [0.05, 0.1) is 0 Å². The molecule has 0 unspecified atom stereocenters. The van der Waals surface area contributed by atoms with E-state index in [0.29, 0.717) is 25.5 Å². The first-order valence-corrected chi connectivity index (χ1v) is 6.50. The van der Waals surface area contributed by atoms with E-state index in [1.807, 2.05) is 31.2 Å². The van der Waals surface area contributed by atoms with Gasteiger partial charge in [0.15, 0.2) is 0 Å². The first-order valence-electron chi connectivity index (χ1n) is 6.50. The smallest absolute Gasteiger partial charge is 0.123 e. The summed E-state index contributed by atoms with van der Waals surface area (Å²) in [6, 6.07) is 12.1. The molecule has 2 aromatic carbocycles. The summed E-state index contributed by atoms with van der Waals surface area (Å²) in [7, 11) is 0. The molecule has 4 heteroatoms. The standard InChI is InChI=1S/C16H18FNO2/c1-12-10-14(17)6-7-15(12)19-8-9-20-16-5-3-2-4-13(16)11-18/h2-7,10H,8-9,11,18H2,1H3. The summed E-state index contributed by atoms with van der Waals surface area (Å²) in [4.78, 5) is 0. The van der Waals surface area contributed by atoms with Crippen LogP contribution in [0, 0.1) is 12.7 Å². The predicted octanol–water partition coefficient (Wildman–Crippen LogP) is 3.05. The molecule has 0 saturated heterocycles. The lowest BCUT2D eigenvalue weighted by atomic mass is 10.2. The van der Waals surface area contributed by atoms with E-state index in [4.69, 9.17) is 15.2 Å². The molecule has 0 aliphatic heterocycles. The first-order chi connectivity index (χ1) is 9.70. The minimum Gasteiger partial charge on any atom is -0.490 e. The molecule has 0 fully saturated rings. The third-order valence-corrected chi connectivity index (χ3v) is 2.93. The molecular weight excluding hydrogens is 257 g/mol. The Hall–Kier alpha value is -2.07. The maximum Gasteiger partial charge on any atom is 0.123 e. The second kappa shape index (κ2) is 6.91. The Morgan fingerprint density at radius 2 is 1.70 bits per heavy atom. The third-order valence-electron chi connectivity index (χ3n) is 2.93. The van der Waals surface area contributed by atoms with Crippen molar-refractivity contribution >= 4 is 0 Å². The number of nitrogens with two attached hydrogens (primary N) is 1. The molecule has 0 aliphatic carbocycles. The fourth-order valence-corrected chi connectivity index (χ4v) is 1.89. The van der Waals surface area contributed by atoms with E-state index in [-0.39, 0.29) is 5.82 Å². The van der Waals surface area contributed by atoms with Crippen LogP contribution in [0.3, 0.4) is 0 Å². The van der Waals surface area contributed by atoms with Crippen LogP contribution in [0.25, 0.3) is 0 Å². The van der Waals surface area contributed by atoms with Gasteiger partial charge >= 0.3 is 0 Å². The fourth-order valence-electron chi connectivity index (χ4n) is 1.89. The molecule has 0 amide bonds. The normalized spacial score (nSPS) is 10.3. The molecule has 2 N–H and O–H groups in total. The quantitative estimate of drug-likeness (QED) is 0.824. The SMILES string of the molecule is Cc1cc(F)ccc1OCCOc1ccccc1CN. The van der Waals surface area contributed by atoms with Crippen LogP contribution >= 0.6 is 0 Å². The number of halogens is 1. The van der Waals surface area contributed by atoms with Crippen LogP contribution in [0.4, 0.5) is 4.39 Å². The Morgan fingerprint density at radius 1 is 1.00 bits per heavy atom. The van der Waals surface area contributed by atoms with Crippen LogP contribution < -0.4 is 15.2 Å². The topological polar surface area (TPSA) is 44.5 Å². The van der Waals surface area contributed by atoms with Gasteiger partial charge in [-0.05, 0) is 36.8 Å². The average Bonchev–Trinajstić information content (AvgIpc) is 2.46. The van der Waals surface area contributed by atoms with Crippen LogP contribution in [0.2, 0.25) is 0 Å². The zero-order valence-corrected chi connectivity index (χ0v) is 11.4. The predicted molar refractivity (Wildman–Crippen MR) is 76.5 cm³/mol. The Morgan fingerprint density at radius 3 is 2.40 bits per heavy atom. The average molecular weight is 275 g/mol. The van der Waals surface area contributed by atoms with Crippen molar-refractivity contribution in [3.05, 3.63) is 59.4 Å². The number of para-hydroxylation sites is 1. The van der Waals surface area contributed by atoms with Gasteiger partial charge in [-0.2, -0.15) is 0 Å². The van der Waals surface area contributed by atoms with Crippen molar-refractivity contribution < 1.29 is 13.9 Å². The zero-order valence-electron chi connectivity index (χ0n) is 11.4. The van der Waals surface area contributed by atoms with Gasteiger partial charge in [-0.3, -0.25) is 0 Å². The number of hydrogen-bond acceptors (Lipinski definition) is 3. The lowest BCUT2D eigenvalue weighted by Crippen LogP contribution is -2.11. The molecule has 0 spiro atoms. The molecule has 2 rings (SSSR count). The van der Waals surface area contributed by atoms with Gasteiger partial charge in [-0.1, -0.05) is 18.2 Å². The van der Waals surface area contributed by atoms with Crippen LogP contribution in [0.5, 0.6) is 11.5 Å². The molecule has 2 aromatic rings. The van der Waals surface area contributed by atoms with Crippen molar-refractivity contribution in [1.29, 1.82) is 0 Å². The van der Waals surface area contributed by atoms with Crippen LogP contribution in [-0.2, 0) is 6.54 Å². The van der Waals surface area contributed by atoms with Crippen molar-refractivity contribution in [2.24, 2.45) is 5.73 Å². The van der Waals surface area contributed by atoms with Gasteiger partial charge < -0.3 is 15.2 Å². The van der Waals surface area contributed by atoms with E-state index < -0.39 is 0 Å². The summed E-state index contributed by atoms with van der Waals surface area (Å²) in [6.45, 7) is 3.05. The van der Waals surface area contributed by atoms with Crippen molar-refractivity contribution in [3.63, 3.8) is 0 Å². The van der Waals surface area contributed by atoms with E-state index in [9.17, 15) is 4.39 Å². The van der Waals surface area contributed by atoms with Crippen molar-refractivity contribution in [2.75, 3.05) is 13.2 Å². The highest BCUT2D eigenvalue weighted by atomic mass is 19.1. The number of rotatable bonds is 6. The number of benzene rings is 2. The Bertz CT molecular complexity index is 572. The zero-order chi connectivity index (χ0) is 14.4. The largest absolute Gasteiger partial charge is 0.490 e. The lowest BCUT2D eigenvalue weighted by Gasteiger charge is -2.12. The minimum absolute atomic E-state index is 0.261. The second-order valence-electron chi connectivity index (χ2n) is 4.42. The molecule has 106 valence electrons. The first kappa shape index (κ1) is 14.3. The van der Waals surface area contributed by atoms with E-state index in [0.717, 1.165) is 16.9 Å². The summed E-state index contributed by atoms with van der Waals surface area (Å²) < 4.78 is 24.1. The third kappa shape index (κ3) is 3.71. The van der Waals surface area contributed by atoms with Crippen LogP contribution in [0.1, 0.15) is 11.1 Å². The minimum atomic E-state index is -0.261. The molecule has 0 aromatic heterocycles. The highest BCUT2D eigenvalue weighted by Gasteiger charge is 2.03. The van der Waals surface area contributed by atoms with E-state index in [1.54, 1.807) is 6.07 Å². The molecule has 0 aliphatic rings. The summed E-state index contributed by atoms with van der Waals surface area (Å²) in [5.74, 6) is 1.18. The van der Waals surface area contributed by atoms with Crippen molar-refractivity contribution in [1.82, 2.24) is 0 Å². The molecule has 3 nitrogen and oxygen atoms in total. The Kier molecular flexibility index (Phi) is 4.96.